The minimum absolute atomic E-state index is 0.0130. The van der Waals surface area contributed by atoms with E-state index in [9.17, 15) is 15.2 Å². The summed E-state index contributed by atoms with van der Waals surface area (Å²) in [7, 11) is 0. The first-order valence-electron chi connectivity index (χ1n) is 8.30. The number of nitrogens with two attached hydrogens (primary N) is 1. The van der Waals surface area contributed by atoms with Crippen LogP contribution in [-0.4, -0.2) is 10.0 Å². The van der Waals surface area contributed by atoms with Gasteiger partial charge in [0.1, 0.15) is 5.75 Å². The highest BCUT2D eigenvalue weighted by Gasteiger charge is 2.14. The van der Waals surface area contributed by atoms with E-state index in [0.717, 1.165) is 5.57 Å². The molecule has 0 radical (unpaired) electrons. The van der Waals surface area contributed by atoms with E-state index in [1.165, 1.54) is 12.1 Å². The molecule has 140 valence electrons. The molecule has 0 aliphatic carbocycles. The Bertz CT molecular complexity index is 926. The van der Waals surface area contributed by atoms with Gasteiger partial charge in [0, 0.05) is 23.3 Å². The van der Waals surface area contributed by atoms with E-state index in [1.807, 2.05) is 19.9 Å². The van der Waals surface area contributed by atoms with Crippen molar-refractivity contribution in [2.75, 3.05) is 0 Å². The molecule has 6 nitrogen and oxygen atoms in total. The fourth-order valence-electron chi connectivity index (χ4n) is 2.52. The maximum absolute atomic E-state index is 10.9. The smallest absolute Gasteiger partial charge is 0.270 e. The zero-order valence-electron chi connectivity index (χ0n) is 15.3. The van der Waals surface area contributed by atoms with Gasteiger partial charge in [-0.2, -0.15) is 5.90 Å². The van der Waals surface area contributed by atoms with Crippen molar-refractivity contribution in [1.29, 1.82) is 0 Å². The van der Waals surface area contributed by atoms with E-state index >= 15 is 0 Å². The molecule has 0 heterocycles. The van der Waals surface area contributed by atoms with Crippen molar-refractivity contribution >= 4 is 17.3 Å². The standard InChI is InChI=1S/C21H22N2O4/c1-14(2)7-10-19-20(27-22)12-11-18(21(19)24)15(3)8-9-16-5-4-6-17(13-16)23(25)26/h4-9,11-13,24H,3,10,22H2,1-2H3/b9-8+. The SMILES string of the molecule is C=C(/C=C/c1cccc([N+](=O)[O-])c1)c1ccc(ON)c(CC=C(C)C)c1O. The molecule has 0 spiro atoms. The Morgan fingerprint density at radius 2 is 2.07 bits per heavy atom. The van der Waals surface area contributed by atoms with Gasteiger partial charge in [-0.1, -0.05) is 42.5 Å². The van der Waals surface area contributed by atoms with Gasteiger partial charge < -0.3 is 9.94 Å². The van der Waals surface area contributed by atoms with Gasteiger partial charge in [-0.25, -0.2) is 0 Å². The summed E-state index contributed by atoms with van der Waals surface area (Å²) in [5.41, 5.74) is 3.44. The largest absolute Gasteiger partial charge is 0.507 e. The molecule has 0 atom stereocenters. The van der Waals surface area contributed by atoms with Crippen molar-refractivity contribution < 1.29 is 14.9 Å². The van der Waals surface area contributed by atoms with Crippen LogP contribution in [0.1, 0.15) is 30.5 Å². The Kier molecular flexibility index (Phi) is 6.51. The Hall–Kier alpha value is -3.38. The number of non-ortho nitro benzene ring substituents is 1. The maximum Gasteiger partial charge on any atom is 0.270 e. The lowest BCUT2D eigenvalue weighted by atomic mass is 9.98. The second-order valence-corrected chi connectivity index (χ2v) is 6.25. The summed E-state index contributed by atoms with van der Waals surface area (Å²) >= 11 is 0. The number of nitrogens with zero attached hydrogens (tertiary/aromatic N) is 1. The molecule has 6 heteroatoms. The predicted octanol–water partition coefficient (Wildman–Crippen LogP) is 4.79. The number of hydrogen-bond acceptors (Lipinski definition) is 5. The second-order valence-electron chi connectivity index (χ2n) is 6.25. The number of nitro benzene ring substituents is 1. The summed E-state index contributed by atoms with van der Waals surface area (Å²) in [6, 6.07) is 9.61. The lowest BCUT2D eigenvalue weighted by Gasteiger charge is -2.13. The van der Waals surface area contributed by atoms with Gasteiger partial charge >= 0.3 is 0 Å². The average molecular weight is 366 g/mol. The molecule has 0 aliphatic heterocycles. The van der Waals surface area contributed by atoms with E-state index in [0.29, 0.717) is 34.4 Å². The molecule has 2 aromatic carbocycles. The molecule has 0 saturated carbocycles. The molecule has 0 saturated heterocycles. The molecule has 3 N–H and O–H groups in total. The summed E-state index contributed by atoms with van der Waals surface area (Å²) in [5, 5.41) is 21.5. The first-order chi connectivity index (χ1) is 12.8. The Labute approximate surface area is 158 Å². The van der Waals surface area contributed by atoms with E-state index in [-0.39, 0.29) is 11.4 Å². The van der Waals surface area contributed by atoms with Crippen molar-refractivity contribution in [3.8, 4) is 11.5 Å². The van der Waals surface area contributed by atoms with Crippen molar-refractivity contribution in [1.82, 2.24) is 0 Å². The van der Waals surface area contributed by atoms with E-state index in [4.69, 9.17) is 10.7 Å². The summed E-state index contributed by atoms with van der Waals surface area (Å²) in [6.45, 7) is 7.91. The van der Waals surface area contributed by atoms with Crippen LogP contribution < -0.4 is 10.7 Å². The molecule has 0 aliphatic rings. The van der Waals surface area contributed by atoms with Gasteiger partial charge in [0.05, 0.1) is 4.92 Å². The fourth-order valence-corrected chi connectivity index (χ4v) is 2.52. The van der Waals surface area contributed by atoms with Crippen LogP contribution in [0.15, 0.2) is 60.7 Å². The minimum atomic E-state index is -0.445. The second kappa shape index (κ2) is 8.82. The van der Waals surface area contributed by atoms with Gasteiger partial charge in [0.2, 0.25) is 0 Å². The van der Waals surface area contributed by atoms with Crippen LogP contribution in [0.5, 0.6) is 11.5 Å². The molecule has 0 bridgehead atoms. The van der Waals surface area contributed by atoms with Crippen molar-refractivity contribution in [3.63, 3.8) is 0 Å². The molecule has 27 heavy (non-hydrogen) atoms. The van der Waals surface area contributed by atoms with Crippen LogP contribution in [0, 0.1) is 10.1 Å². The van der Waals surface area contributed by atoms with Crippen LogP contribution in [0.25, 0.3) is 11.6 Å². The molecule has 0 fully saturated rings. The van der Waals surface area contributed by atoms with E-state index < -0.39 is 4.92 Å². The minimum Gasteiger partial charge on any atom is -0.507 e. The van der Waals surface area contributed by atoms with Gasteiger partial charge in [-0.05, 0) is 43.5 Å². The highest BCUT2D eigenvalue weighted by atomic mass is 16.6. The fraction of sp³-hybridized carbons (Fsp3) is 0.143. The molecular weight excluding hydrogens is 344 g/mol. The number of benzene rings is 2. The first kappa shape index (κ1) is 19.9. The predicted molar refractivity (Wildman–Crippen MR) is 107 cm³/mol. The third-order valence-electron chi connectivity index (χ3n) is 3.99. The average Bonchev–Trinajstić information content (AvgIpc) is 2.64. The zero-order valence-corrected chi connectivity index (χ0v) is 15.3. The maximum atomic E-state index is 10.9. The number of rotatable bonds is 7. The first-order valence-corrected chi connectivity index (χ1v) is 8.30. The number of hydrogen-bond donors (Lipinski definition) is 2. The molecular formula is C21H22N2O4. The molecule has 0 unspecified atom stereocenters. The van der Waals surface area contributed by atoms with Crippen LogP contribution in [0.4, 0.5) is 5.69 Å². The van der Waals surface area contributed by atoms with Crippen molar-refractivity contribution in [2.45, 2.75) is 20.3 Å². The third-order valence-corrected chi connectivity index (χ3v) is 3.99. The topological polar surface area (TPSA) is 98.6 Å². The van der Waals surface area contributed by atoms with Gasteiger partial charge in [0.25, 0.3) is 5.69 Å². The van der Waals surface area contributed by atoms with Crippen LogP contribution in [0.2, 0.25) is 0 Å². The number of nitro groups is 1. The summed E-state index contributed by atoms with van der Waals surface area (Å²) in [4.78, 5) is 15.3. The van der Waals surface area contributed by atoms with E-state index in [1.54, 1.807) is 36.4 Å². The number of allylic oxidation sites excluding steroid dienone is 4. The number of aromatic hydroxyl groups is 1. The highest BCUT2D eigenvalue weighted by molar-refractivity contribution is 5.81. The van der Waals surface area contributed by atoms with Gasteiger partial charge in [-0.3, -0.25) is 10.1 Å². The van der Waals surface area contributed by atoms with E-state index in [2.05, 4.69) is 6.58 Å². The quantitative estimate of drug-likeness (QED) is 0.318. The molecule has 2 aromatic rings. The Balaban J connectivity index is 2.33. The summed E-state index contributed by atoms with van der Waals surface area (Å²) in [6.07, 6.45) is 5.83. The summed E-state index contributed by atoms with van der Waals surface area (Å²) in [5.74, 6) is 5.74. The normalized spacial score (nSPS) is 10.6. The third kappa shape index (κ3) is 5.05. The molecule has 0 amide bonds. The Morgan fingerprint density at radius 1 is 1.33 bits per heavy atom. The number of phenolic OH excluding ortho intramolecular Hbond substituents is 1. The lowest BCUT2D eigenvalue weighted by Crippen LogP contribution is -2.05. The molecule has 0 aromatic heterocycles. The van der Waals surface area contributed by atoms with Crippen LogP contribution in [0.3, 0.4) is 0 Å². The summed E-state index contributed by atoms with van der Waals surface area (Å²) < 4.78 is 0. The van der Waals surface area contributed by atoms with Crippen molar-refractivity contribution in [3.05, 3.63) is 87.5 Å². The van der Waals surface area contributed by atoms with Crippen LogP contribution >= 0.6 is 0 Å². The van der Waals surface area contributed by atoms with Crippen LogP contribution in [-0.2, 0) is 6.42 Å². The van der Waals surface area contributed by atoms with Gasteiger partial charge in [0.15, 0.2) is 5.75 Å². The monoisotopic (exact) mass is 366 g/mol. The zero-order chi connectivity index (χ0) is 20.0. The van der Waals surface area contributed by atoms with Gasteiger partial charge in [-0.15, -0.1) is 0 Å². The highest BCUT2D eigenvalue weighted by Crippen LogP contribution is 2.35. The number of phenols is 1. The van der Waals surface area contributed by atoms with Crippen molar-refractivity contribution in [2.24, 2.45) is 5.90 Å². The lowest BCUT2D eigenvalue weighted by molar-refractivity contribution is -0.384. The molecule has 2 rings (SSSR count). The Morgan fingerprint density at radius 3 is 2.70 bits per heavy atom.